The second kappa shape index (κ2) is 5.83. The van der Waals surface area contributed by atoms with Gasteiger partial charge in [0.05, 0.1) is 23.0 Å². The summed E-state index contributed by atoms with van der Waals surface area (Å²) in [6.07, 6.45) is -0.286. The summed E-state index contributed by atoms with van der Waals surface area (Å²) in [7, 11) is 0.0161. The predicted octanol–water partition coefficient (Wildman–Crippen LogP) is 2.48. The molecule has 0 aliphatic carbocycles. The van der Waals surface area contributed by atoms with E-state index in [1.54, 1.807) is 30.3 Å². The van der Waals surface area contributed by atoms with Crippen LogP contribution in [0, 0.1) is 0 Å². The highest BCUT2D eigenvalue weighted by Gasteiger charge is 2.43. The number of hydrogen-bond donors (Lipinski definition) is 1. The summed E-state index contributed by atoms with van der Waals surface area (Å²) >= 11 is 0. The van der Waals surface area contributed by atoms with E-state index < -0.39 is 22.0 Å². The van der Waals surface area contributed by atoms with Crippen LogP contribution in [0.2, 0.25) is 0 Å². The number of aliphatic carboxylic acids is 1. The summed E-state index contributed by atoms with van der Waals surface area (Å²) in [5.74, 6) is -1.04. The van der Waals surface area contributed by atoms with Crippen LogP contribution in [-0.4, -0.2) is 33.6 Å². The van der Waals surface area contributed by atoms with Gasteiger partial charge in [-0.15, -0.1) is 0 Å². The van der Waals surface area contributed by atoms with E-state index in [1.807, 2.05) is 31.1 Å². The molecule has 0 fully saturated rings. The van der Waals surface area contributed by atoms with Gasteiger partial charge in [-0.3, -0.25) is 9.10 Å². The minimum absolute atomic E-state index is 0.174. The number of hydrogen-bond acceptors (Lipinski definition) is 4. The van der Waals surface area contributed by atoms with Crippen molar-refractivity contribution in [3.8, 4) is 0 Å². The molecule has 0 saturated carbocycles. The first kappa shape index (κ1) is 16.3. The zero-order valence-electron chi connectivity index (χ0n) is 13.4. The molecule has 0 unspecified atom stereocenters. The third-order valence-electron chi connectivity index (χ3n) is 4.09. The highest BCUT2D eigenvalue weighted by Crippen LogP contribution is 2.44. The fourth-order valence-electron chi connectivity index (χ4n) is 2.97. The Labute approximate surface area is 141 Å². The van der Waals surface area contributed by atoms with Crippen molar-refractivity contribution in [3.05, 3.63) is 54.1 Å². The predicted molar refractivity (Wildman–Crippen MR) is 91.9 cm³/mol. The van der Waals surface area contributed by atoms with Crippen molar-refractivity contribution < 1.29 is 18.3 Å². The van der Waals surface area contributed by atoms with Gasteiger partial charge >= 0.3 is 5.97 Å². The fraction of sp³-hybridized carbons (Fsp3) is 0.235. The van der Waals surface area contributed by atoms with E-state index >= 15 is 0 Å². The molecule has 3 rings (SSSR count). The van der Waals surface area contributed by atoms with Crippen molar-refractivity contribution in [1.29, 1.82) is 0 Å². The van der Waals surface area contributed by atoms with E-state index in [2.05, 4.69) is 0 Å². The summed E-state index contributed by atoms with van der Waals surface area (Å²) in [6.45, 7) is 0. The molecule has 1 heterocycles. The Morgan fingerprint density at radius 2 is 1.75 bits per heavy atom. The first-order valence-electron chi connectivity index (χ1n) is 7.45. The summed E-state index contributed by atoms with van der Waals surface area (Å²) in [5, 5.41) is 9.22. The van der Waals surface area contributed by atoms with Crippen molar-refractivity contribution in [2.24, 2.45) is 0 Å². The number of carbonyl (C=O) groups is 1. The van der Waals surface area contributed by atoms with Crippen LogP contribution < -0.4 is 9.21 Å². The van der Waals surface area contributed by atoms with Crippen molar-refractivity contribution in [3.63, 3.8) is 0 Å². The molecule has 0 saturated heterocycles. The van der Waals surface area contributed by atoms with Gasteiger partial charge in [-0.25, -0.2) is 8.42 Å². The summed E-state index contributed by atoms with van der Waals surface area (Å²) in [6, 6.07) is 12.9. The highest BCUT2D eigenvalue weighted by molar-refractivity contribution is 7.93. The second-order valence-electron chi connectivity index (χ2n) is 5.86. The van der Waals surface area contributed by atoms with Gasteiger partial charge in [-0.2, -0.15) is 0 Å². The van der Waals surface area contributed by atoms with Gasteiger partial charge in [0.25, 0.3) is 10.0 Å². The number of rotatable bonds is 4. The minimum atomic E-state index is -3.77. The van der Waals surface area contributed by atoms with Crippen molar-refractivity contribution in [2.75, 3.05) is 23.3 Å². The lowest BCUT2D eigenvalue weighted by Crippen LogP contribution is -2.29. The number of sulfonamides is 1. The van der Waals surface area contributed by atoms with E-state index in [-0.39, 0.29) is 11.3 Å². The summed E-state index contributed by atoms with van der Waals surface area (Å²) < 4.78 is 27.0. The van der Waals surface area contributed by atoms with Gasteiger partial charge in [0.2, 0.25) is 0 Å². The maximum absolute atomic E-state index is 12.9. The van der Waals surface area contributed by atoms with Crippen molar-refractivity contribution >= 4 is 27.4 Å². The van der Waals surface area contributed by atoms with Crippen molar-refractivity contribution in [1.82, 2.24) is 0 Å². The number of anilines is 2. The number of fused-ring (bicyclic) bond motifs is 1. The molecule has 126 valence electrons. The second-order valence-corrected chi connectivity index (χ2v) is 7.65. The smallest absolute Gasteiger partial charge is 0.305 e. The molecule has 1 atom stereocenters. The van der Waals surface area contributed by atoms with E-state index in [4.69, 9.17) is 0 Å². The lowest BCUT2D eigenvalue weighted by Gasteiger charge is -2.25. The zero-order valence-corrected chi connectivity index (χ0v) is 14.2. The lowest BCUT2D eigenvalue weighted by atomic mass is 10.0. The van der Waals surface area contributed by atoms with E-state index in [9.17, 15) is 18.3 Å². The summed E-state index contributed by atoms with van der Waals surface area (Å²) in [5.41, 5.74) is 1.92. The molecule has 0 spiro atoms. The number of carboxylic acids is 1. The van der Waals surface area contributed by atoms with Crippen LogP contribution >= 0.6 is 0 Å². The Balaban J connectivity index is 2.12. The molecule has 2 aromatic carbocycles. The number of carboxylic acid groups (broad SMARTS) is 1. The minimum Gasteiger partial charge on any atom is -0.481 e. The highest BCUT2D eigenvalue weighted by atomic mass is 32.2. The summed E-state index contributed by atoms with van der Waals surface area (Å²) in [4.78, 5) is 13.4. The molecule has 0 radical (unpaired) electrons. The van der Waals surface area contributed by atoms with E-state index in [0.717, 1.165) is 5.69 Å². The molecule has 1 N–H and O–H groups in total. The first-order chi connectivity index (χ1) is 11.3. The molecular weight excluding hydrogens is 328 g/mol. The van der Waals surface area contributed by atoms with Crippen LogP contribution in [0.25, 0.3) is 0 Å². The third kappa shape index (κ3) is 2.60. The zero-order chi connectivity index (χ0) is 17.5. The SMILES string of the molecule is CN(C)c1ccc(N2[C@@H](CC(=O)O)c3ccccc3S2(=O)=O)cc1. The molecule has 1 aliphatic rings. The maximum atomic E-state index is 12.9. The Kier molecular flexibility index (Phi) is 3.96. The average molecular weight is 346 g/mol. The van der Waals surface area contributed by atoms with Crippen LogP contribution in [0.15, 0.2) is 53.4 Å². The Hall–Kier alpha value is -2.54. The van der Waals surface area contributed by atoms with Crippen LogP contribution in [0.4, 0.5) is 11.4 Å². The first-order valence-corrected chi connectivity index (χ1v) is 8.89. The molecule has 0 amide bonds. The molecule has 0 bridgehead atoms. The quantitative estimate of drug-likeness (QED) is 0.920. The van der Waals surface area contributed by atoms with Gasteiger partial charge < -0.3 is 10.0 Å². The van der Waals surface area contributed by atoms with Gasteiger partial charge in [0.1, 0.15) is 0 Å². The van der Waals surface area contributed by atoms with E-state index in [0.29, 0.717) is 11.3 Å². The largest absolute Gasteiger partial charge is 0.481 e. The number of nitrogens with zero attached hydrogens (tertiary/aromatic N) is 2. The topological polar surface area (TPSA) is 77.9 Å². The van der Waals surface area contributed by atoms with Crippen LogP contribution in [0.5, 0.6) is 0 Å². The normalized spacial score (nSPS) is 18.2. The van der Waals surface area contributed by atoms with Gasteiger partial charge in [0, 0.05) is 19.8 Å². The van der Waals surface area contributed by atoms with Gasteiger partial charge in [0.15, 0.2) is 0 Å². The molecule has 1 aliphatic heterocycles. The monoisotopic (exact) mass is 346 g/mol. The fourth-order valence-corrected chi connectivity index (χ4v) is 4.85. The number of benzene rings is 2. The van der Waals surface area contributed by atoms with Gasteiger partial charge in [-0.05, 0) is 35.9 Å². The Morgan fingerprint density at radius 3 is 2.33 bits per heavy atom. The average Bonchev–Trinajstić information content (AvgIpc) is 2.75. The molecule has 7 heteroatoms. The van der Waals surface area contributed by atoms with Crippen LogP contribution in [-0.2, 0) is 14.8 Å². The van der Waals surface area contributed by atoms with E-state index in [1.165, 1.54) is 10.4 Å². The van der Waals surface area contributed by atoms with Crippen molar-refractivity contribution in [2.45, 2.75) is 17.4 Å². The Morgan fingerprint density at radius 1 is 1.12 bits per heavy atom. The van der Waals surface area contributed by atoms with Crippen LogP contribution in [0.1, 0.15) is 18.0 Å². The lowest BCUT2D eigenvalue weighted by molar-refractivity contribution is -0.137. The van der Waals surface area contributed by atoms with Crippen LogP contribution in [0.3, 0.4) is 0 Å². The molecule has 0 aromatic heterocycles. The molecule has 6 nitrogen and oxygen atoms in total. The molecule has 24 heavy (non-hydrogen) atoms. The standard InChI is InChI=1S/C17H18N2O4S/c1-18(2)12-7-9-13(10-8-12)19-15(11-17(20)21)14-5-3-4-6-16(14)24(19,22)23/h3-10,15H,11H2,1-2H3,(H,20,21)/t15-/m0/s1. The molecule has 2 aromatic rings. The third-order valence-corrected chi connectivity index (χ3v) is 6.00. The molecular formula is C17H18N2O4S. The van der Waals surface area contributed by atoms with Gasteiger partial charge in [-0.1, -0.05) is 18.2 Å². The maximum Gasteiger partial charge on any atom is 0.305 e. The Bertz CT molecular complexity index is 876.